The van der Waals surface area contributed by atoms with Crippen LogP contribution in [0.1, 0.15) is 46.8 Å². The van der Waals surface area contributed by atoms with Crippen LogP contribution >= 0.6 is 11.6 Å². The number of likely N-dealkylation sites (tertiary alicyclic amines) is 1. The summed E-state index contributed by atoms with van der Waals surface area (Å²) in [5, 5.41) is 10.1. The van der Waals surface area contributed by atoms with E-state index in [0.717, 1.165) is 62.4 Å². The molecular weight excluding hydrogens is 518 g/mol. The zero-order valence-corrected chi connectivity index (χ0v) is 22.3. The van der Waals surface area contributed by atoms with E-state index in [1.165, 1.54) is 0 Å². The van der Waals surface area contributed by atoms with Gasteiger partial charge in [0.1, 0.15) is 17.8 Å². The minimum absolute atomic E-state index is 0.0832. The minimum Gasteiger partial charge on any atom is -0.478 e. The number of halogens is 1. The molecule has 2 aliphatic heterocycles. The van der Waals surface area contributed by atoms with Gasteiger partial charge in [-0.05, 0) is 55.2 Å². The van der Waals surface area contributed by atoms with Gasteiger partial charge in [-0.25, -0.2) is 14.8 Å². The Bertz CT molecular complexity index is 1460. The number of carboxylic acids is 1. The number of hydrogen-bond acceptors (Lipinski definition) is 7. The summed E-state index contributed by atoms with van der Waals surface area (Å²) < 4.78 is 14.1. The first-order valence-corrected chi connectivity index (χ1v) is 13.7. The summed E-state index contributed by atoms with van der Waals surface area (Å²) in [6.07, 6.45) is 5.41. The fourth-order valence-corrected chi connectivity index (χ4v) is 5.27. The standard InChI is InChI=1S/C29H30ClN5O4/c30-21-4-1-19(2-5-21)15-26-31-11-7-28(33-26)39-22-8-12-34(13-9-22)18-27-32-24-16-20(29(36)37)3-6-25(24)35(27)17-23-10-14-38-23/h1-7,11,16,22-23H,8-10,12-15,17-18H2,(H,36,37). The van der Waals surface area contributed by atoms with Crippen molar-refractivity contribution in [3.05, 3.63) is 82.5 Å². The number of piperidine rings is 1. The van der Waals surface area contributed by atoms with Crippen molar-refractivity contribution >= 4 is 28.6 Å². The van der Waals surface area contributed by atoms with Crippen LogP contribution in [-0.4, -0.2) is 67.4 Å². The Morgan fingerprint density at radius 2 is 1.87 bits per heavy atom. The number of carbonyl (C=O) groups is 1. The lowest BCUT2D eigenvalue weighted by Crippen LogP contribution is -2.39. The smallest absolute Gasteiger partial charge is 0.335 e. The topological polar surface area (TPSA) is 103 Å². The second kappa shape index (κ2) is 11.3. The third-order valence-electron chi connectivity index (χ3n) is 7.40. The fraction of sp³-hybridized carbons (Fsp3) is 0.379. The highest BCUT2D eigenvalue weighted by molar-refractivity contribution is 6.30. The number of hydrogen-bond donors (Lipinski definition) is 1. The number of carboxylic acid groups (broad SMARTS) is 1. The first-order chi connectivity index (χ1) is 19.0. The van der Waals surface area contributed by atoms with Crippen LogP contribution in [0.25, 0.3) is 11.0 Å². The first-order valence-electron chi connectivity index (χ1n) is 13.3. The zero-order chi connectivity index (χ0) is 26.8. The van der Waals surface area contributed by atoms with Crippen LogP contribution in [0.2, 0.25) is 5.02 Å². The van der Waals surface area contributed by atoms with Crippen LogP contribution in [0.3, 0.4) is 0 Å². The van der Waals surface area contributed by atoms with Gasteiger partial charge in [0.15, 0.2) is 0 Å². The van der Waals surface area contributed by atoms with Gasteiger partial charge >= 0.3 is 5.97 Å². The molecule has 10 heteroatoms. The monoisotopic (exact) mass is 547 g/mol. The van der Waals surface area contributed by atoms with Crippen molar-refractivity contribution in [2.45, 2.75) is 51.0 Å². The van der Waals surface area contributed by atoms with E-state index in [1.54, 1.807) is 18.3 Å². The van der Waals surface area contributed by atoms with E-state index >= 15 is 0 Å². The van der Waals surface area contributed by atoms with Crippen molar-refractivity contribution < 1.29 is 19.4 Å². The van der Waals surface area contributed by atoms with Crippen molar-refractivity contribution in [3.8, 4) is 5.88 Å². The van der Waals surface area contributed by atoms with Gasteiger partial charge < -0.3 is 19.1 Å². The summed E-state index contributed by atoms with van der Waals surface area (Å²) in [5.74, 6) is 1.31. The summed E-state index contributed by atoms with van der Waals surface area (Å²) in [4.78, 5) is 27.7. The number of aromatic nitrogens is 4. The molecule has 4 aromatic rings. The number of benzene rings is 2. The van der Waals surface area contributed by atoms with Gasteiger partial charge in [-0.2, -0.15) is 4.98 Å². The van der Waals surface area contributed by atoms with E-state index in [1.807, 2.05) is 36.4 Å². The molecule has 2 aliphatic rings. The van der Waals surface area contributed by atoms with Gasteiger partial charge in [-0.15, -0.1) is 0 Å². The third kappa shape index (κ3) is 6.06. The number of imidazole rings is 1. The maximum Gasteiger partial charge on any atom is 0.335 e. The van der Waals surface area contributed by atoms with Crippen LogP contribution in [0, 0.1) is 0 Å². The molecule has 0 bridgehead atoms. The molecule has 0 radical (unpaired) electrons. The third-order valence-corrected chi connectivity index (χ3v) is 7.65. The van der Waals surface area contributed by atoms with Crippen LogP contribution < -0.4 is 4.74 Å². The maximum atomic E-state index is 11.5. The Labute approximate surface area is 231 Å². The predicted molar refractivity (Wildman–Crippen MR) is 146 cm³/mol. The largest absolute Gasteiger partial charge is 0.478 e. The van der Waals surface area contributed by atoms with Gasteiger partial charge in [-0.1, -0.05) is 23.7 Å². The Morgan fingerprint density at radius 3 is 2.59 bits per heavy atom. The molecule has 39 heavy (non-hydrogen) atoms. The Morgan fingerprint density at radius 1 is 1.08 bits per heavy atom. The van der Waals surface area contributed by atoms with Gasteiger partial charge in [0.05, 0.1) is 35.8 Å². The highest BCUT2D eigenvalue weighted by atomic mass is 35.5. The lowest BCUT2D eigenvalue weighted by Gasteiger charge is -2.32. The molecule has 2 saturated heterocycles. The molecule has 6 rings (SSSR count). The molecule has 0 saturated carbocycles. The van der Waals surface area contributed by atoms with E-state index in [9.17, 15) is 9.90 Å². The minimum atomic E-state index is -0.946. The molecule has 9 nitrogen and oxygen atoms in total. The number of nitrogens with zero attached hydrogens (tertiary/aromatic N) is 5. The number of ether oxygens (including phenoxy) is 2. The van der Waals surface area contributed by atoms with Crippen LogP contribution in [0.4, 0.5) is 0 Å². The Balaban J connectivity index is 1.09. The highest BCUT2D eigenvalue weighted by Crippen LogP contribution is 2.25. The molecule has 0 aliphatic carbocycles. The second-order valence-electron chi connectivity index (χ2n) is 10.1. The van der Waals surface area contributed by atoms with Crippen molar-refractivity contribution in [2.75, 3.05) is 19.7 Å². The Kier molecular flexibility index (Phi) is 7.45. The number of fused-ring (bicyclic) bond motifs is 1. The van der Waals surface area contributed by atoms with Crippen LogP contribution in [-0.2, 0) is 24.2 Å². The molecule has 2 aromatic heterocycles. The van der Waals surface area contributed by atoms with Crippen molar-refractivity contribution in [3.63, 3.8) is 0 Å². The normalized spacial score (nSPS) is 18.2. The van der Waals surface area contributed by atoms with Gasteiger partial charge in [0.25, 0.3) is 0 Å². The SMILES string of the molecule is O=C(O)c1ccc2c(c1)nc(CN1CCC(Oc3ccnc(Cc4ccc(Cl)cc4)n3)CC1)n2CC1CCO1. The summed E-state index contributed by atoms with van der Waals surface area (Å²) in [7, 11) is 0. The predicted octanol–water partition coefficient (Wildman–Crippen LogP) is 4.60. The molecular formula is C29H30ClN5O4. The average Bonchev–Trinajstić information content (AvgIpc) is 3.24. The molecule has 202 valence electrons. The maximum absolute atomic E-state index is 11.5. The highest BCUT2D eigenvalue weighted by Gasteiger charge is 2.26. The fourth-order valence-electron chi connectivity index (χ4n) is 5.14. The summed E-state index contributed by atoms with van der Waals surface area (Å²) >= 11 is 5.99. The molecule has 1 unspecified atom stereocenters. The lowest BCUT2D eigenvalue weighted by atomic mass is 10.1. The van der Waals surface area contributed by atoms with E-state index in [4.69, 9.17) is 26.1 Å². The average molecular weight is 548 g/mol. The van der Waals surface area contributed by atoms with Gasteiger partial charge in [-0.3, -0.25) is 4.90 Å². The summed E-state index contributed by atoms with van der Waals surface area (Å²) in [6.45, 7) is 3.95. The van der Waals surface area contributed by atoms with E-state index in [0.29, 0.717) is 35.2 Å². The molecule has 2 fully saturated rings. The summed E-state index contributed by atoms with van der Waals surface area (Å²) in [6, 6.07) is 14.7. The molecule has 1 N–H and O–H groups in total. The van der Waals surface area contributed by atoms with E-state index in [2.05, 4.69) is 19.4 Å². The zero-order valence-electron chi connectivity index (χ0n) is 21.5. The first kappa shape index (κ1) is 25.7. The lowest BCUT2D eigenvalue weighted by molar-refractivity contribution is -0.0592. The molecule has 4 heterocycles. The molecule has 0 amide bonds. The van der Waals surface area contributed by atoms with Gasteiger partial charge in [0, 0.05) is 43.4 Å². The summed E-state index contributed by atoms with van der Waals surface area (Å²) in [5.41, 5.74) is 3.00. The van der Waals surface area contributed by atoms with E-state index < -0.39 is 5.97 Å². The molecule has 2 aromatic carbocycles. The van der Waals surface area contributed by atoms with E-state index in [-0.39, 0.29) is 17.8 Å². The van der Waals surface area contributed by atoms with Crippen LogP contribution in [0.5, 0.6) is 5.88 Å². The molecule has 1 atom stereocenters. The number of rotatable bonds is 9. The number of aromatic carboxylic acids is 1. The molecule has 0 spiro atoms. The van der Waals surface area contributed by atoms with Crippen LogP contribution in [0.15, 0.2) is 54.7 Å². The van der Waals surface area contributed by atoms with Crippen molar-refractivity contribution in [2.24, 2.45) is 0 Å². The Hall–Kier alpha value is -3.53. The second-order valence-corrected chi connectivity index (χ2v) is 10.6. The van der Waals surface area contributed by atoms with Gasteiger partial charge in [0.2, 0.25) is 5.88 Å². The van der Waals surface area contributed by atoms with Crippen molar-refractivity contribution in [1.29, 1.82) is 0 Å². The van der Waals surface area contributed by atoms with Crippen molar-refractivity contribution in [1.82, 2.24) is 24.4 Å². The quantitative estimate of drug-likeness (QED) is 0.324.